The van der Waals surface area contributed by atoms with E-state index in [1.165, 1.54) is 29.1 Å². The van der Waals surface area contributed by atoms with Gasteiger partial charge in [-0.05, 0) is 6.07 Å². The molecule has 0 bridgehead atoms. The second kappa shape index (κ2) is 4.61. The van der Waals surface area contributed by atoms with E-state index in [9.17, 15) is 14.9 Å². The summed E-state index contributed by atoms with van der Waals surface area (Å²) in [7, 11) is 1.55. The lowest BCUT2D eigenvalue weighted by molar-refractivity contribution is -0.385. The molecule has 18 heavy (non-hydrogen) atoms. The zero-order valence-corrected chi connectivity index (χ0v) is 10.2. The van der Waals surface area contributed by atoms with Gasteiger partial charge in [0.05, 0.1) is 22.1 Å². The molecule has 1 heterocycles. The number of rotatable bonds is 3. The van der Waals surface area contributed by atoms with E-state index < -0.39 is 4.92 Å². The van der Waals surface area contributed by atoms with Crippen molar-refractivity contribution in [3.05, 3.63) is 55.7 Å². The summed E-state index contributed by atoms with van der Waals surface area (Å²) < 4.78 is 2.40. The van der Waals surface area contributed by atoms with Crippen LogP contribution in [0.4, 0.5) is 5.69 Å². The number of halogens is 1. The van der Waals surface area contributed by atoms with Crippen LogP contribution >= 0.6 is 11.6 Å². The van der Waals surface area contributed by atoms with Crippen LogP contribution in [-0.4, -0.2) is 19.3 Å². The van der Waals surface area contributed by atoms with Gasteiger partial charge in [-0.25, -0.2) is 9.48 Å². The molecule has 0 unspecified atom stereocenters. The van der Waals surface area contributed by atoms with Gasteiger partial charge in [-0.3, -0.25) is 14.7 Å². The maximum atomic E-state index is 11.6. The van der Waals surface area contributed by atoms with Crippen LogP contribution in [0.15, 0.2) is 29.3 Å². The van der Waals surface area contributed by atoms with Crippen LogP contribution in [0.1, 0.15) is 5.56 Å². The molecule has 8 heteroatoms. The van der Waals surface area contributed by atoms with Crippen LogP contribution in [0, 0.1) is 10.1 Å². The highest BCUT2D eigenvalue weighted by Crippen LogP contribution is 2.26. The number of nitrogens with zero attached hydrogens (tertiary/aromatic N) is 4. The van der Waals surface area contributed by atoms with Crippen molar-refractivity contribution in [3.63, 3.8) is 0 Å². The molecule has 0 aliphatic rings. The Morgan fingerprint density at radius 3 is 2.78 bits per heavy atom. The predicted octanol–water partition coefficient (Wildman–Crippen LogP) is 1.19. The first-order valence-electron chi connectivity index (χ1n) is 5.01. The number of hydrogen-bond donors (Lipinski definition) is 0. The minimum Gasteiger partial charge on any atom is -0.285 e. The van der Waals surface area contributed by atoms with Crippen LogP contribution in [-0.2, 0) is 13.6 Å². The topological polar surface area (TPSA) is 83.0 Å². The van der Waals surface area contributed by atoms with Crippen LogP contribution < -0.4 is 5.69 Å². The van der Waals surface area contributed by atoms with Crippen molar-refractivity contribution in [2.75, 3.05) is 0 Å². The standard InChI is InChI=1S/C10H9ClN4O3/c1-13-6-12-14(10(13)16)5-7-8(11)3-2-4-9(7)15(17)18/h2-4,6H,5H2,1H3. The van der Waals surface area contributed by atoms with E-state index >= 15 is 0 Å². The highest BCUT2D eigenvalue weighted by atomic mass is 35.5. The molecule has 2 aromatic rings. The molecule has 2 rings (SSSR count). The van der Waals surface area contributed by atoms with Gasteiger partial charge in [0.25, 0.3) is 5.69 Å². The van der Waals surface area contributed by atoms with Crippen molar-refractivity contribution in [1.82, 2.24) is 14.3 Å². The smallest absolute Gasteiger partial charge is 0.285 e. The lowest BCUT2D eigenvalue weighted by Gasteiger charge is -2.04. The summed E-state index contributed by atoms with van der Waals surface area (Å²) in [6, 6.07) is 4.37. The molecule has 94 valence electrons. The fourth-order valence-corrected chi connectivity index (χ4v) is 1.78. The first-order chi connectivity index (χ1) is 8.50. The van der Waals surface area contributed by atoms with Crippen molar-refractivity contribution in [2.24, 2.45) is 7.05 Å². The van der Waals surface area contributed by atoms with Crippen molar-refractivity contribution in [3.8, 4) is 0 Å². The Kier molecular flexibility index (Phi) is 3.15. The molecular weight excluding hydrogens is 260 g/mol. The third kappa shape index (κ3) is 2.12. The molecule has 0 atom stereocenters. The minimum atomic E-state index is -0.533. The molecule has 0 fully saturated rings. The average molecular weight is 269 g/mol. The first kappa shape index (κ1) is 12.3. The zero-order chi connectivity index (χ0) is 13.3. The summed E-state index contributed by atoms with van der Waals surface area (Å²) in [5.41, 5.74) is -0.214. The van der Waals surface area contributed by atoms with E-state index in [0.29, 0.717) is 0 Å². The molecule has 0 saturated carbocycles. The van der Waals surface area contributed by atoms with E-state index in [-0.39, 0.29) is 28.5 Å². The van der Waals surface area contributed by atoms with Gasteiger partial charge in [0, 0.05) is 13.1 Å². The van der Waals surface area contributed by atoms with E-state index in [1.807, 2.05) is 0 Å². The van der Waals surface area contributed by atoms with Crippen molar-refractivity contribution < 1.29 is 4.92 Å². The number of aromatic nitrogens is 3. The number of aryl methyl sites for hydroxylation is 1. The highest BCUT2D eigenvalue weighted by Gasteiger charge is 2.18. The first-order valence-corrected chi connectivity index (χ1v) is 5.38. The summed E-state index contributed by atoms with van der Waals surface area (Å²) >= 11 is 5.93. The molecule has 0 spiro atoms. The molecule has 0 saturated heterocycles. The van der Waals surface area contributed by atoms with Gasteiger partial charge in [0.2, 0.25) is 0 Å². The Hall–Kier alpha value is -2.15. The molecule has 0 aliphatic heterocycles. The lowest BCUT2D eigenvalue weighted by Crippen LogP contribution is -2.23. The van der Waals surface area contributed by atoms with Crippen LogP contribution in [0.2, 0.25) is 5.02 Å². The summed E-state index contributed by atoms with van der Waals surface area (Å²) in [5, 5.41) is 15.0. The average Bonchev–Trinajstić information content (AvgIpc) is 2.63. The highest BCUT2D eigenvalue weighted by molar-refractivity contribution is 6.31. The van der Waals surface area contributed by atoms with Crippen molar-refractivity contribution in [1.29, 1.82) is 0 Å². The van der Waals surface area contributed by atoms with Gasteiger partial charge in [-0.15, -0.1) is 0 Å². The fourth-order valence-electron chi connectivity index (χ4n) is 1.55. The molecule has 0 N–H and O–H groups in total. The monoisotopic (exact) mass is 268 g/mol. The van der Waals surface area contributed by atoms with E-state index in [2.05, 4.69) is 5.10 Å². The Bertz CT molecular complexity index is 661. The molecule has 0 amide bonds. The normalized spacial score (nSPS) is 10.6. The van der Waals surface area contributed by atoms with E-state index in [1.54, 1.807) is 7.05 Å². The summed E-state index contributed by atoms with van der Waals surface area (Å²) in [5.74, 6) is 0. The number of benzene rings is 1. The van der Waals surface area contributed by atoms with Gasteiger partial charge in [0.1, 0.15) is 6.33 Å². The Labute approximate surface area is 106 Å². The van der Waals surface area contributed by atoms with Gasteiger partial charge in [0.15, 0.2) is 0 Å². The molecule has 0 aliphatic carbocycles. The van der Waals surface area contributed by atoms with E-state index in [4.69, 9.17) is 11.6 Å². The Balaban J connectivity index is 2.49. The van der Waals surface area contributed by atoms with Gasteiger partial charge < -0.3 is 0 Å². The van der Waals surface area contributed by atoms with Crippen LogP contribution in [0.5, 0.6) is 0 Å². The van der Waals surface area contributed by atoms with Crippen molar-refractivity contribution >= 4 is 17.3 Å². The van der Waals surface area contributed by atoms with Crippen LogP contribution in [0.3, 0.4) is 0 Å². The molecular formula is C10H9ClN4O3. The maximum Gasteiger partial charge on any atom is 0.345 e. The molecule has 1 aromatic heterocycles. The summed E-state index contributed by atoms with van der Waals surface area (Å²) in [4.78, 5) is 22.0. The fraction of sp³-hybridized carbons (Fsp3) is 0.200. The minimum absolute atomic E-state index is 0.0321. The quantitative estimate of drug-likeness (QED) is 0.618. The number of nitro groups is 1. The number of nitro benzene ring substituents is 1. The third-order valence-corrected chi connectivity index (χ3v) is 2.84. The van der Waals surface area contributed by atoms with Gasteiger partial charge >= 0.3 is 5.69 Å². The number of hydrogen-bond acceptors (Lipinski definition) is 4. The SMILES string of the molecule is Cn1cnn(Cc2c(Cl)cccc2[N+](=O)[O-])c1=O. The lowest BCUT2D eigenvalue weighted by atomic mass is 10.2. The van der Waals surface area contributed by atoms with Gasteiger partial charge in [-0.2, -0.15) is 5.10 Å². The second-order valence-corrected chi connectivity index (χ2v) is 4.08. The Morgan fingerprint density at radius 2 is 2.22 bits per heavy atom. The van der Waals surface area contributed by atoms with E-state index in [0.717, 1.165) is 4.68 Å². The molecule has 7 nitrogen and oxygen atoms in total. The Morgan fingerprint density at radius 1 is 1.50 bits per heavy atom. The maximum absolute atomic E-state index is 11.6. The summed E-state index contributed by atoms with van der Waals surface area (Å²) in [6.45, 7) is -0.0321. The zero-order valence-electron chi connectivity index (χ0n) is 9.41. The second-order valence-electron chi connectivity index (χ2n) is 3.68. The largest absolute Gasteiger partial charge is 0.345 e. The predicted molar refractivity (Wildman–Crippen MR) is 64.7 cm³/mol. The third-order valence-electron chi connectivity index (χ3n) is 2.49. The molecule has 1 aromatic carbocycles. The summed E-state index contributed by atoms with van der Waals surface area (Å²) in [6.07, 6.45) is 1.34. The van der Waals surface area contributed by atoms with Crippen LogP contribution in [0.25, 0.3) is 0 Å². The van der Waals surface area contributed by atoms with Crippen molar-refractivity contribution in [2.45, 2.75) is 6.54 Å². The molecule has 0 radical (unpaired) electrons. The van der Waals surface area contributed by atoms with Gasteiger partial charge in [-0.1, -0.05) is 17.7 Å².